The van der Waals surface area contributed by atoms with Crippen molar-refractivity contribution >= 4 is 15.9 Å². The highest BCUT2D eigenvalue weighted by molar-refractivity contribution is 9.10. The van der Waals surface area contributed by atoms with E-state index in [1.54, 1.807) is 0 Å². The molecule has 0 N–H and O–H groups in total. The van der Waals surface area contributed by atoms with Crippen molar-refractivity contribution in [2.24, 2.45) is 0 Å². The highest BCUT2D eigenvalue weighted by atomic mass is 79.9. The van der Waals surface area contributed by atoms with E-state index in [0.717, 1.165) is 18.2 Å². The molecular weight excluding hydrogens is 252 g/mol. The first-order valence-electron chi connectivity index (χ1n) is 3.37. The summed E-state index contributed by atoms with van der Waals surface area (Å²) in [6.07, 6.45) is -5.45. The predicted octanol–water partition coefficient (Wildman–Crippen LogP) is 4.32. The van der Waals surface area contributed by atoms with Gasteiger partial charge in [-0.15, -0.1) is 0 Å². The average molecular weight is 257 g/mol. The number of hydrogen-bond acceptors (Lipinski definition) is 0. The van der Waals surface area contributed by atoms with Gasteiger partial charge in [0.25, 0.3) is 12.9 Å². The zero-order chi connectivity index (χ0) is 10.0. The Labute approximate surface area is 80.7 Å². The van der Waals surface area contributed by atoms with Crippen LogP contribution in [0.1, 0.15) is 24.0 Å². The van der Waals surface area contributed by atoms with Crippen LogP contribution in [0.2, 0.25) is 0 Å². The third-order valence-corrected chi connectivity index (χ3v) is 1.90. The normalized spacial score (nSPS) is 11.3. The molecule has 13 heavy (non-hydrogen) atoms. The van der Waals surface area contributed by atoms with Gasteiger partial charge in [-0.3, -0.25) is 0 Å². The molecule has 0 radical (unpaired) electrons. The molecule has 0 bridgehead atoms. The molecule has 0 aliphatic carbocycles. The number of rotatable bonds is 2. The maximum absolute atomic E-state index is 12.1. The van der Waals surface area contributed by atoms with Crippen LogP contribution in [0, 0.1) is 0 Å². The van der Waals surface area contributed by atoms with Gasteiger partial charge >= 0.3 is 0 Å². The number of halogens is 5. The molecule has 1 rings (SSSR count). The molecule has 0 aliphatic heterocycles. The Bertz CT molecular complexity index is 272. The van der Waals surface area contributed by atoms with Crippen LogP contribution >= 0.6 is 15.9 Å². The van der Waals surface area contributed by atoms with Gasteiger partial charge in [-0.1, -0.05) is 15.9 Å². The summed E-state index contributed by atoms with van der Waals surface area (Å²) in [7, 11) is 0. The van der Waals surface area contributed by atoms with Crippen LogP contribution < -0.4 is 0 Å². The van der Waals surface area contributed by atoms with Crippen LogP contribution in [0.3, 0.4) is 0 Å². The fourth-order valence-electron chi connectivity index (χ4n) is 0.888. The topological polar surface area (TPSA) is 0 Å². The summed E-state index contributed by atoms with van der Waals surface area (Å²) in [6.45, 7) is 0. The summed E-state index contributed by atoms with van der Waals surface area (Å²) in [5, 5.41) is 0. The van der Waals surface area contributed by atoms with Crippen molar-refractivity contribution in [1.82, 2.24) is 0 Å². The average Bonchev–Trinajstić information content (AvgIpc) is 2.03. The molecule has 1 aromatic carbocycles. The van der Waals surface area contributed by atoms with Crippen molar-refractivity contribution in [1.29, 1.82) is 0 Å². The molecule has 0 spiro atoms. The molecule has 0 atom stereocenters. The van der Waals surface area contributed by atoms with E-state index in [4.69, 9.17) is 0 Å². The Kier molecular flexibility index (Phi) is 3.30. The summed E-state index contributed by atoms with van der Waals surface area (Å²) in [5.74, 6) is 0. The van der Waals surface area contributed by atoms with Crippen molar-refractivity contribution < 1.29 is 17.6 Å². The smallest absolute Gasteiger partial charge is 0.205 e. The van der Waals surface area contributed by atoms with Gasteiger partial charge in [0.1, 0.15) is 0 Å². The van der Waals surface area contributed by atoms with Crippen LogP contribution in [-0.4, -0.2) is 0 Å². The van der Waals surface area contributed by atoms with E-state index in [1.165, 1.54) is 0 Å². The van der Waals surface area contributed by atoms with Crippen LogP contribution in [0.4, 0.5) is 17.6 Å². The minimum Gasteiger partial charge on any atom is -0.205 e. The Morgan fingerprint density at radius 2 is 1.23 bits per heavy atom. The second-order valence-electron chi connectivity index (χ2n) is 2.42. The quantitative estimate of drug-likeness (QED) is 0.692. The molecule has 0 nitrogen and oxygen atoms in total. The largest absolute Gasteiger partial charge is 0.263 e. The third kappa shape index (κ3) is 2.69. The van der Waals surface area contributed by atoms with Gasteiger partial charge in [-0.05, 0) is 18.2 Å². The number of alkyl halides is 4. The van der Waals surface area contributed by atoms with E-state index >= 15 is 0 Å². The van der Waals surface area contributed by atoms with Gasteiger partial charge < -0.3 is 0 Å². The molecule has 0 amide bonds. The fourth-order valence-corrected chi connectivity index (χ4v) is 1.42. The van der Waals surface area contributed by atoms with Crippen molar-refractivity contribution in [3.05, 3.63) is 33.8 Å². The summed E-state index contributed by atoms with van der Waals surface area (Å²) in [4.78, 5) is 0. The Morgan fingerprint density at radius 3 is 1.54 bits per heavy atom. The van der Waals surface area contributed by atoms with E-state index in [-0.39, 0.29) is 4.47 Å². The predicted molar refractivity (Wildman–Crippen MR) is 44.1 cm³/mol. The molecule has 0 fully saturated rings. The van der Waals surface area contributed by atoms with Gasteiger partial charge in [-0.2, -0.15) is 0 Å². The zero-order valence-electron chi connectivity index (χ0n) is 6.28. The first-order valence-corrected chi connectivity index (χ1v) is 4.16. The lowest BCUT2D eigenvalue weighted by molar-refractivity contribution is 0.144. The molecule has 72 valence electrons. The van der Waals surface area contributed by atoms with Crippen molar-refractivity contribution in [3.8, 4) is 0 Å². The lowest BCUT2D eigenvalue weighted by Gasteiger charge is -2.04. The maximum atomic E-state index is 12.1. The standard InChI is InChI=1S/C8H5BrF4/c9-6-2-4(7(10)11)1-5(3-6)8(12)13/h1-3,7-8H. The Balaban J connectivity index is 3.11. The third-order valence-electron chi connectivity index (χ3n) is 1.45. The molecule has 0 heterocycles. The number of benzene rings is 1. The van der Waals surface area contributed by atoms with Gasteiger partial charge in [0, 0.05) is 15.6 Å². The number of hydrogen-bond donors (Lipinski definition) is 0. The minimum atomic E-state index is -2.73. The van der Waals surface area contributed by atoms with E-state index in [0.29, 0.717) is 0 Å². The Hall–Kier alpha value is -0.580. The second-order valence-corrected chi connectivity index (χ2v) is 3.33. The fraction of sp³-hybridized carbons (Fsp3) is 0.250. The van der Waals surface area contributed by atoms with Crippen molar-refractivity contribution in [3.63, 3.8) is 0 Å². The van der Waals surface area contributed by atoms with E-state index in [9.17, 15) is 17.6 Å². The highest BCUT2D eigenvalue weighted by Gasteiger charge is 2.13. The first kappa shape index (κ1) is 10.5. The highest BCUT2D eigenvalue weighted by Crippen LogP contribution is 2.28. The summed E-state index contributed by atoms with van der Waals surface area (Å²) >= 11 is 2.88. The SMILES string of the molecule is FC(F)c1cc(Br)cc(C(F)F)c1. The summed E-state index contributed by atoms with van der Waals surface area (Å²) in [6, 6.07) is 3.05. The van der Waals surface area contributed by atoms with Crippen LogP contribution in [-0.2, 0) is 0 Å². The van der Waals surface area contributed by atoms with E-state index in [1.807, 2.05) is 0 Å². The molecule has 5 heteroatoms. The molecule has 0 aromatic heterocycles. The van der Waals surface area contributed by atoms with Gasteiger partial charge in [-0.25, -0.2) is 17.6 Å². The van der Waals surface area contributed by atoms with Gasteiger partial charge in [0.2, 0.25) is 0 Å². The van der Waals surface area contributed by atoms with E-state index in [2.05, 4.69) is 15.9 Å². The monoisotopic (exact) mass is 256 g/mol. The molecule has 0 unspecified atom stereocenters. The van der Waals surface area contributed by atoms with Crippen LogP contribution in [0.15, 0.2) is 22.7 Å². The molecule has 1 aromatic rings. The van der Waals surface area contributed by atoms with Crippen molar-refractivity contribution in [2.75, 3.05) is 0 Å². The Morgan fingerprint density at radius 1 is 0.846 bits per heavy atom. The van der Waals surface area contributed by atoms with Gasteiger partial charge in [0.15, 0.2) is 0 Å². The molecular formula is C8H5BrF4. The maximum Gasteiger partial charge on any atom is 0.263 e. The summed E-state index contributed by atoms with van der Waals surface area (Å²) in [5.41, 5.74) is -0.797. The van der Waals surface area contributed by atoms with Crippen LogP contribution in [0.5, 0.6) is 0 Å². The van der Waals surface area contributed by atoms with Gasteiger partial charge in [0.05, 0.1) is 0 Å². The molecule has 0 aliphatic rings. The second kappa shape index (κ2) is 4.09. The summed E-state index contributed by atoms with van der Waals surface area (Å²) < 4.78 is 48.7. The zero-order valence-corrected chi connectivity index (χ0v) is 7.86. The van der Waals surface area contributed by atoms with E-state index < -0.39 is 24.0 Å². The van der Waals surface area contributed by atoms with Crippen LogP contribution in [0.25, 0.3) is 0 Å². The first-order chi connectivity index (χ1) is 6.00. The lowest BCUT2D eigenvalue weighted by atomic mass is 10.1. The minimum absolute atomic E-state index is 0.237. The lowest BCUT2D eigenvalue weighted by Crippen LogP contribution is -1.90. The molecule has 0 saturated heterocycles. The molecule has 0 saturated carbocycles. The van der Waals surface area contributed by atoms with Crippen molar-refractivity contribution in [2.45, 2.75) is 12.9 Å².